The molecule has 1 aliphatic rings. The molecule has 0 aliphatic carbocycles. The van der Waals surface area contributed by atoms with Gasteiger partial charge in [-0.1, -0.05) is 48.0 Å². The standard InChI is InChI=1S/C23H31NO2/c1-18-8-9-23(19(2)14-18)26-17-22(25)16-24-12-10-21(11-13-24)15-20-6-4-3-5-7-20/h3-9,14,21-22,25H,10-13,15-17H2,1-2H3/t22-/m0/s1. The normalized spacial score (nSPS) is 17.2. The van der Waals surface area contributed by atoms with Gasteiger partial charge in [-0.05, 0) is 69.3 Å². The Kier molecular flexibility index (Phi) is 6.70. The molecular formula is C23H31NO2. The molecule has 3 heteroatoms. The molecule has 0 spiro atoms. The molecule has 1 fully saturated rings. The maximum Gasteiger partial charge on any atom is 0.122 e. The van der Waals surface area contributed by atoms with E-state index in [2.05, 4.69) is 48.2 Å². The summed E-state index contributed by atoms with van der Waals surface area (Å²) in [6, 6.07) is 16.9. The number of hydrogen-bond acceptors (Lipinski definition) is 3. The Hall–Kier alpha value is -1.84. The van der Waals surface area contributed by atoms with Crippen molar-refractivity contribution in [2.45, 2.75) is 39.2 Å². The number of β-amino-alcohol motifs (C(OH)–C–C–N with tert-alkyl or cyclic N) is 1. The number of benzene rings is 2. The number of aliphatic hydroxyl groups is 1. The summed E-state index contributed by atoms with van der Waals surface area (Å²) in [6.07, 6.45) is 3.15. The van der Waals surface area contributed by atoms with E-state index in [4.69, 9.17) is 4.74 Å². The molecule has 0 aromatic heterocycles. The molecule has 140 valence electrons. The maximum absolute atomic E-state index is 10.3. The van der Waals surface area contributed by atoms with Crippen LogP contribution in [-0.4, -0.2) is 42.4 Å². The second-order valence-electron chi connectivity index (χ2n) is 7.67. The van der Waals surface area contributed by atoms with E-state index in [1.165, 1.54) is 30.4 Å². The fraction of sp³-hybridized carbons (Fsp3) is 0.478. The van der Waals surface area contributed by atoms with E-state index in [9.17, 15) is 5.11 Å². The second-order valence-corrected chi connectivity index (χ2v) is 7.67. The first-order chi connectivity index (χ1) is 12.6. The number of likely N-dealkylation sites (tertiary alicyclic amines) is 1. The van der Waals surface area contributed by atoms with Gasteiger partial charge >= 0.3 is 0 Å². The quantitative estimate of drug-likeness (QED) is 0.817. The highest BCUT2D eigenvalue weighted by molar-refractivity contribution is 5.35. The van der Waals surface area contributed by atoms with Crippen molar-refractivity contribution in [2.24, 2.45) is 5.92 Å². The lowest BCUT2D eigenvalue weighted by Crippen LogP contribution is -2.41. The highest BCUT2D eigenvalue weighted by atomic mass is 16.5. The summed E-state index contributed by atoms with van der Waals surface area (Å²) in [4.78, 5) is 2.37. The average molecular weight is 354 g/mol. The van der Waals surface area contributed by atoms with Crippen molar-refractivity contribution in [2.75, 3.05) is 26.2 Å². The Morgan fingerprint density at radius 2 is 1.81 bits per heavy atom. The summed E-state index contributed by atoms with van der Waals surface area (Å²) >= 11 is 0. The van der Waals surface area contributed by atoms with Crippen molar-refractivity contribution in [1.29, 1.82) is 0 Å². The van der Waals surface area contributed by atoms with Crippen LogP contribution >= 0.6 is 0 Å². The number of hydrogen-bond donors (Lipinski definition) is 1. The number of nitrogens with zero attached hydrogens (tertiary/aromatic N) is 1. The highest BCUT2D eigenvalue weighted by Crippen LogP contribution is 2.22. The predicted octanol–water partition coefficient (Wildman–Crippen LogP) is 4.00. The minimum Gasteiger partial charge on any atom is -0.491 e. The zero-order chi connectivity index (χ0) is 18.4. The SMILES string of the molecule is Cc1ccc(OC[C@@H](O)CN2CCC(Cc3ccccc3)CC2)c(C)c1. The first kappa shape index (κ1) is 18.9. The lowest BCUT2D eigenvalue weighted by atomic mass is 9.90. The number of aryl methyl sites for hydroxylation is 2. The number of piperidine rings is 1. The Morgan fingerprint density at radius 1 is 1.08 bits per heavy atom. The van der Waals surface area contributed by atoms with Gasteiger partial charge in [-0.15, -0.1) is 0 Å². The predicted molar refractivity (Wildman–Crippen MR) is 107 cm³/mol. The summed E-state index contributed by atoms with van der Waals surface area (Å²) in [5, 5.41) is 10.3. The zero-order valence-electron chi connectivity index (χ0n) is 16.0. The summed E-state index contributed by atoms with van der Waals surface area (Å²) < 4.78 is 5.82. The lowest BCUT2D eigenvalue weighted by molar-refractivity contribution is 0.0549. The van der Waals surface area contributed by atoms with E-state index < -0.39 is 6.10 Å². The molecule has 0 unspecified atom stereocenters. The molecule has 1 atom stereocenters. The molecule has 0 saturated carbocycles. The number of aliphatic hydroxyl groups excluding tert-OH is 1. The van der Waals surface area contributed by atoms with Crippen molar-refractivity contribution in [3.05, 3.63) is 65.2 Å². The smallest absolute Gasteiger partial charge is 0.122 e. The van der Waals surface area contributed by atoms with Gasteiger partial charge in [0.2, 0.25) is 0 Å². The van der Waals surface area contributed by atoms with Crippen LogP contribution in [-0.2, 0) is 6.42 Å². The molecule has 1 aliphatic heterocycles. The molecule has 3 nitrogen and oxygen atoms in total. The van der Waals surface area contributed by atoms with Gasteiger partial charge < -0.3 is 14.7 Å². The fourth-order valence-corrected chi connectivity index (χ4v) is 3.82. The third-order valence-electron chi connectivity index (χ3n) is 5.30. The van der Waals surface area contributed by atoms with Gasteiger partial charge in [0.05, 0.1) is 0 Å². The minimum atomic E-state index is -0.443. The van der Waals surface area contributed by atoms with E-state index in [0.29, 0.717) is 13.2 Å². The maximum atomic E-state index is 10.3. The Balaban J connectivity index is 1.38. The Morgan fingerprint density at radius 3 is 2.50 bits per heavy atom. The van der Waals surface area contributed by atoms with Crippen LogP contribution in [0.25, 0.3) is 0 Å². The molecule has 2 aromatic carbocycles. The summed E-state index contributed by atoms with van der Waals surface area (Å²) in [7, 11) is 0. The summed E-state index contributed by atoms with van der Waals surface area (Å²) in [5.74, 6) is 1.63. The number of rotatable bonds is 7. The molecule has 26 heavy (non-hydrogen) atoms. The van der Waals surface area contributed by atoms with Crippen molar-refractivity contribution in [1.82, 2.24) is 4.90 Å². The fourth-order valence-electron chi connectivity index (χ4n) is 3.82. The van der Waals surface area contributed by atoms with Crippen LogP contribution in [0.15, 0.2) is 48.5 Å². The van der Waals surface area contributed by atoms with Crippen molar-refractivity contribution in [3.8, 4) is 5.75 Å². The van der Waals surface area contributed by atoms with Gasteiger partial charge in [-0.25, -0.2) is 0 Å². The van der Waals surface area contributed by atoms with Crippen LogP contribution in [0.2, 0.25) is 0 Å². The third kappa shape index (κ3) is 5.58. The molecule has 0 bridgehead atoms. The largest absolute Gasteiger partial charge is 0.491 e. The van der Waals surface area contributed by atoms with E-state index in [1.54, 1.807) is 0 Å². The van der Waals surface area contributed by atoms with Crippen LogP contribution in [0.3, 0.4) is 0 Å². The van der Waals surface area contributed by atoms with Gasteiger partial charge in [-0.3, -0.25) is 0 Å². The Labute approximate surface area is 157 Å². The first-order valence-corrected chi connectivity index (χ1v) is 9.74. The van der Waals surface area contributed by atoms with Crippen LogP contribution in [0.5, 0.6) is 5.75 Å². The summed E-state index contributed by atoms with van der Waals surface area (Å²) in [6.45, 7) is 7.31. The van der Waals surface area contributed by atoms with E-state index in [1.807, 2.05) is 19.1 Å². The van der Waals surface area contributed by atoms with Gasteiger partial charge in [0.15, 0.2) is 0 Å². The van der Waals surface area contributed by atoms with Gasteiger partial charge in [0, 0.05) is 6.54 Å². The van der Waals surface area contributed by atoms with Crippen LogP contribution in [0, 0.1) is 19.8 Å². The monoisotopic (exact) mass is 353 g/mol. The van der Waals surface area contributed by atoms with Gasteiger partial charge in [0.1, 0.15) is 18.5 Å². The zero-order valence-corrected chi connectivity index (χ0v) is 16.0. The number of ether oxygens (including phenoxy) is 1. The molecule has 1 saturated heterocycles. The summed E-state index contributed by atoms with van der Waals surface area (Å²) in [5.41, 5.74) is 3.79. The highest BCUT2D eigenvalue weighted by Gasteiger charge is 2.21. The van der Waals surface area contributed by atoms with Crippen LogP contribution in [0.1, 0.15) is 29.5 Å². The molecule has 0 radical (unpaired) electrons. The second kappa shape index (κ2) is 9.20. The average Bonchev–Trinajstić information content (AvgIpc) is 2.63. The minimum absolute atomic E-state index is 0.355. The molecule has 0 amide bonds. The van der Waals surface area contributed by atoms with Gasteiger partial charge in [0.25, 0.3) is 0 Å². The van der Waals surface area contributed by atoms with Crippen LogP contribution < -0.4 is 4.74 Å². The van der Waals surface area contributed by atoms with Crippen molar-refractivity contribution < 1.29 is 9.84 Å². The van der Waals surface area contributed by atoms with E-state index in [0.717, 1.165) is 30.3 Å². The lowest BCUT2D eigenvalue weighted by Gasteiger charge is -2.33. The topological polar surface area (TPSA) is 32.7 Å². The van der Waals surface area contributed by atoms with Gasteiger partial charge in [-0.2, -0.15) is 0 Å². The van der Waals surface area contributed by atoms with Crippen molar-refractivity contribution >= 4 is 0 Å². The molecule has 1 heterocycles. The van der Waals surface area contributed by atoms with E-state index in [-0.39, 0.29) is 0 Å². The van der Waals surface area contributed by atoms with Crippen molar-refractivity contribution in [3.63, 3.8) is 0 Å². The van der Waals surface area contributed by atoms with Crippen LogP contribution in [0.4, 0.5) is 0 Å². The van der Waals surface area contributed by atoms with E-state index >= 15 is 0 Å². The molecule has 2 aromatic rings. The molecule has 3 rings (SSSR count). The first-order valence-electron chi connectivity index (χ1n) is 9.74. The Bertz CT molecular complexity index is 678. The molecular weight excluding hydrogens is 322 g/mol. The third-order valence-corrected chi connectivity index (χ3v) is 5.30. The molecule has 1 N–H and O–H groups in total.